The zero-order chi connectivity index (χ0) is 13.7. The van der Waals surface area contributed by atoms with Gasteiger partial charge in [-0.25, -0.2) is 0 Å². The highest BCUT2D eigenvalue weighted by Crippen LogP contribution is 2.26. The molecule has 1 saturated carbocycles. The van der Waals surface area contributed by atoms with E-state index in [1.807, 2.05) is 12.1 Å². The van der Waals surface area contributed by atoms with Crippen LogP contribution < -0.4 is 10.6 Å². The van der Waals surface area contributed by atoms with Crippen molar-refractivity contribution in [3.8, 4) is 0 Å². The predicted molar refractivity (Wildman–Crippen MR) is 79.3 cm³/mol. The number of nitrogens with one attached hydrogen (secondary N) is 2. The van der Waals surface area contributed by atoms with Crippen molar-refractivity contribution in [2.45, 2.75) is 45.1 Å². The van der Waals surface area contributed by atoms with E-state index in [0.29, 0.717) is 12.5 Å². The molecule has 2 rings (SSSR count). The van der Waals surface area contributed by atoms with Crippen LogP contribution in [-0.4, -0.2) is 19.0 Å². The van der Waals surface area contributed by atoms with Gasteiger partial charge in [0.15, 0.2) is 0 Å². The molecule has 0 aliphatic heterocycles. The van der Waals surface area contributed by atoms with Crippen molar-refractivity contribution in [1.82, 2.24) is 5.32 Å². The molecule has 3 heteroatoms. The van der Waals surface area contributed by atoms with Gasteiger partial charge >= 0.3 is 0 Å². The first-order valence-electron chi connectivity index (χ1n) is 7.23. The van der Waals surface area contributed by atoms with E-state index in [1.165, 1.54) is 31.4 Å². The molecule has 1 amide bonds. The molecule has 1 aromatic rings. The van der Waals surface area contributed by atoms with E-state index in [0.717, 1.165) is 11.5 Å². The Labute approximate surface area is 115 Å². The van der Waals surface area contributed by atoms with Crippen LogP contribution in [0.4, 0.5) is 5.69 Å². The fourth-order valence-corrected chi connectivity index (χ4v) is 2.79. The first kappa shape index (κ1) is 13.9. The van der Waals surface area contributed by atoms with Crippen molar-refractivity contribution in [3.05, 3.63) is 29.8 Å². The van der Waals surface area contributed by atoms with Crippen LogP contribution in [0.25, 0.3) is 0 Å². The van der Waals surface area contributed by atoms with Crippen LogP contribution in [0.3, 0.4) is 0 Å². The van der Waals surface area contributed by atoms with Crippen LogP contribution in [0.15, 0.2) is 24.3 Å². The van der Waals surface area contributed by atoms with E-state index < -0.39 is 0 Å². The SMILES string of the molecule is CNC(=O)Cc1ccc(NC2CCCC(C)C2)cc1. The number of carbonyl (C=O) groups is 1. The molecule has 0 saturated heterocycles. The maximum atomic E-state index is 11.3. The van der Waals surface area contributed by atoms with Crippen molar-refractivity contribution in [3.63, 3.8) is 0 Å². The van der Waals surface area contributed by atoms with Gasteiger partial charge in [-0.1, -0.05) is 31.9 Å². The van der Waals surface area contributed by atoms with Crippen LogP contribution in [-0.2, 0) is 11.2 Å². The van der Waals surface area contributed by atoms with Gasteiger partial charge in [-0.15, -0.1) is 0 Å². The average molecular weight is 260 g/mol. The first-order valence-corrected chi connectivity index (χ1v) is 7.23. The molecule has 0 bridgehead atoms. The lowest BCUT2D eigenvalue weighted by atomic mass is 9.87. The number of likely N-dealkylation sites (N-methyl/N-ethyl adjacent to an activating group) is 1. The van der Waals surface area contributed by atoms with Crippen molar-refractivity contribution < 1.29 is 4.79 Å². The molecule has 0 aromatic heterocycles. The minimum Gasteiger partial charge on any atom is -0.382 e. The van der Waals surface area contributed by atoms with Gasteiger partial charge < -0.3 is 10.6 Å². The van der Waals surface area contributed by atoms with Gasteiger partial charge in [-0.2, -0.15) is 0 Å². The highest BCUT2D eigenvalue weighted by atomic mass is 16.1. The fourth-order valence-electron chi connectivity index (χ4n) is 2.79. The molecule has 0 spiro atoms. The minimum atomic E-state index is 0.0572. The Balaban J connectivity index is 1.89. The third kappa shape index (κ3) is 4.27. The van der Waals surface area contributed by atoms with E-state index in [9.17, 15) is 4.79 Å². The molecule has 1 fully saturated rings. The van der Waals surface area contributed by atoms with Crippen molar-refractivity contribution in [1.29, 1.82) is 0 Å². The first-order chi connectivity index (χ1) is 9.17. The molecular weight excluding hydrogens is 236 g/mol. The number of amides is 1. The smallest absolute Gasteiger partial charge is 0.224 e. The monoisotopic (exact) mass is 260 g/mol. The van der Waals surface area contributed by atoms with Crippen LogP contribution >= 0.6 is 0 Å². The zero-order valence-electron chi connectivity index (χ0n) is 11.9. The molecule has 2 unspecified atom stereocenters. The summed E-state index contributed by atoms with van der Waals surface area (Å²) in [6.45, 7) is 2.33. The van der Waals surface area contributed by atoms with E-state index in [-0.39, 0.29) is 5.91 Å². The number of anilines is 1. The third-order valence-corrected chi connectivity index (χ3v) is 3.90. The summed E-state index contributed by atoms with van der Waals surface area (Å²) in [5.41, 5.74) is 2.22. The standard InChI is InChI=1S/C16H24N2O/c1-12-4-3-5-15(10-12)18-14-8-6-13(7-9-14)11-16(19)17-2/h6-9,12,15,18H,3-5,10-11H2,1-2H3,(H,17,19). The number of benzene rings is 1. The van der Waals surface area contributed by atoms with Gasteiger partial charge in [0.1, 0.15) is 0 Å². The van der Waals surface area contributed by atoms with Crippen molar-refractivity contribution in [2.75, 3.05) is 12.4 Å². The quantitative estimate of drug-likeness (QED) is 0.874. The van der Waals surface area contributed by atoms with Gasteiger partial charge in [-0.3, -0.25) is 4.79 Å². The van der Waals surface area contributed by atoms with Crippen LogP contribution in [0, 0.1) is 5.92 Å². The molecule has 0 heterocycles. The van der Waals surface area contributed by atoms with Gasteiger partial charge in [-0.05, 0) is 36.5 Å². The van der Waals surface area contributed by atoms with Gasteiger partial charge in [0.05, 0.1) is 6.42 Å². The summed E-state index contributed by atoms with van der Waals surface area (Å²) in [4.78, 5) is 11.3. The summed E-state index contributed by atoms with van der Waals surface area (Å²) in [5, 5.41) is 6.25. The van der Waals surface area contributed by atoms with E-state index in [2.05, 4.69) is 29.7 Å². The number of rotatable bonds is 4. The summed E-state index contributed by atoms with van der Waals surface area (Å²) in [5.74, 6) is 0.889. The van der Waals surface area contributed by atoms with Crippen molar-refractivity contribution >= 4 is 11.6 Å². The molecule has 1 aliphatic rings. The molecule has 3 nitrogen and oxygen atoms in total. The summed E-state index contributed by atoms with van der Waals surface area (Å²) in [6, 6.07) is 8.83. The number of carbonyl (C=O) groups excluding carboxylic acids is 1. The molecule has 19 heavy (non-hydrogen) atoms. The number of hydrogen-bond donors (Lipinski definition) is 2. The van der Waals surface area contributed by atoms with Crippen LogP contribution in [0.5, 0.6) is 0 Å². The Hall–Kier alpha value is -1.51. The second-order valence-electron chi connectivity index (χ2n) is 5.66. The van der Waals surface area contributed by atoms with Gasteiger partial charge in [0.2, 0.25) is 5.91 Å². The summed E-state index contributed by atoms with van der Waals surface area (Å²) in [6.07, 6.45) is 5.68. The lowest BCUT2D eigenvalue weighted by Crippen LogP contribution is -2.26. The Morgan fingerprint density at radius 3 is 2.63 bits per heavy atom. The summed E-state index contributed by atoms with van der Waals surface area (Å²) < 4.78 is 0. The Morgan fingerprint density at radius 1 is 1.26 bits per heavy atom. The maximum absolute atomic E-state index is 11.3. The van der Waals surface area contributed by atoms with E-state index in [1.54, 1.807) is 7.05 Å². The molecular formula is C16H24N2O. The lowest BCUT2D eigenvalue weighted by molar-refractivity contribution is -0.119. The Morgan fingerprint density at radius 2 is 2.00 bits per heavy atom. The normalized spacial score (nSPS) is 22.8. The largest absolute Gasteiger partial charge is 0.382 e. The van der Waals surface area contributed by atoms with E-state index in [4.69, 9.17) is 0 Å². The number of hydrogen-bond acceptors (Lipinski definition) is 2. The van der Waals surface area contributed by atoms with Crippen LogP contribution in [0.2, 0.25) is 0 Å². The molecule has 104 valence electrons. The molecule has 0 radical (unpaired) electrons. The Kier molecular flexibility index (Phi) is 4.83. The van der Waals surface area contributed by atoms with Gasteiger partial charge in [0, 0.05) is 18.8 Å². The molecule has 1 aliphatic carbocycles. The minimum absolute atomic E-state index is 0.0572. The zero-order valence-corrected chi connectivity index (χ0v) is 11.9. The second kappa shape index (κ2) is 6.60. The summed E-state index contributed by atoms with van der Waals surface area (Å²) in [7, 11) is 1.67. The molecule has 2 N–H and O–H groups in total. The van der Waals surface area contributed by atoms with Crippen molar-refractivity contribution in [2.24, 2.45) is 5.92 Å². The highest BCUT2D eigenvalue weighted by molar-refractivity contribution is 5.78. The average Bonchev–Trinajstić information content (AvgIpc) is 2.41. The van der Waals surface area contributed by atoms with Gasteiger partial charge in [0.25, 0.3) is 0 Å². The van der Waals surface area contributed by atoms with Crippen LogP contribution in [0.1, 0.15) is 38.2 Å². The summed E-state index contributed by atoms with van der Waals surface area (Å²) >= 11 is 0. The Bertz CT molecular complexity index is 413. The highest BCUT2D eigenvalue weighted by Gasteiger charge is 2.18. The maximum Gasteiger partial charge on any atom is 0.224 e. The third-order valence-electron chi connectivity index (χ3n) is 3.90. The fraction of sp³-hybridized carbons (Fsp3) is 0.562. The molecule has 1 aromatic carbocycles. The second-order valence-corrected chi connectivity index (χ2v) is 5.66. The predicted octanol–water partition coefficient (Wildman–Crippen LogP) is 2.97. The molecule has 2 atom stereocenters. The van der Waals surface area contributed by atoms with E-state index >= 15 is 0 Å². The lowest BCUT2D eigenvalue weighted by Gasteiger charge is -2.28. The topological polar surface area (TPSA) is 41.1 Å².